The molecule has 0 aromatic heterocycles. The van der Waals surface area contributed by atoms with Crippen molar-refractivity contribution in [2.45, 2.75) is 60.0 Å². The number of carbonyl (C=O) groups is 3. The Hall–Kier alpha value is -1.58. The third-order valence-electron chi connectivity index (χ3n) is 6.62. The van der Waals surface area contributed by atoms with Crippen molar-refractivity contribution in [3.8, 4) is 0 Å². The lowest BCUT2D eigenvalue weighted by Crippen LogP contribution is -2.55. The second kappa shape index (κ2) is 9.35. The number of para-hydroxylation sites is 1. The Morgan fingerprint density at radius 3 is 2.62 bits per heavy atom. The summed E-state index contributed by atoms with van der Waals surface area (Å²) in [7, 11) is 0. The first-order valence-corrected chi connectivity index (χ1v) is 13.0. The molecule has 3 aliphatic rings. The van der Waals surface area contributed by atoms with Crippen molar-refractivity contribution >= 4 is 51.1 Å². The topological polar surface area (TPSA) is 98.7 Å². The van der Waals surface area contributed by atoms with Crippen LogP contribution >= 0.6 is 27.7 Å². The monoisotopic (exact) mass is 523 g/mol. The Labute approximate surface area is 201 Å². The molecule has 0 radical (unpaired) electrons. The Bertz CT molecular complexity index is 885. The number of fused-ring (bicyclic) bond motifs is 1. The highest BCUT2D eigenvalue weighted by Crippen LogP contribution is 2.67. The number of hydrogen-bond acceptors (Lipinski definition) is 5. The number of thioether (sulfide) groups is 1. The molecule has 1 aromatic carbocycles. The van der Waals surface area contributed by atoms with E-state index in [0.29, 0.717) is 31.5 Å². The molecule has 0 saturated carbocycles. The van der Waals surface area contributed by atoms with Crippen LogP contribution in [0.5, 0.6) is 0 Å². The van der Waals surface area contributed by atoms with Crippen molar-refractivity contribution in [2.75, 3.05) is 18.5 Å². The van der Waals surface area contributed by atoms with Crippen LogP contribution in [-0.2, 0) is 14.4 Å². The van der Waals surface area contributed by atoms with Gasteiger partial charge in [-0.2, -0.15) is 0 Å². The molecule has 1 spiro atoms. The summed E-state index contributed by atoms with van der Waals surface area (Å²) >= 11 is 5.39. The summed E-state index contributed by atoms with van der Waals surface area (Å²) in [6, 6.07) is 8.59. The van der Waals surface area contributed by atoms with E-state index < -0.39 is 22.6 Å². The largest absolute Gasteiger partial charge is 0.396 e. The minimum Gasteiger partial charge on any atom is -0.396 e. The fourth-order valence-corrected chi connectivity index (χ4v) is 9.09. The van der Waals surface area contributed by atoms with Crippen molar-refractivity contribution < 1.29 is 19.5 Å². The first-order valence-electron chi connectivity index (χ1n) is 11.2. The molecule has 3 saturated heterocycles. The zero-order valence-electron chi connectivity index (χ0n) is 18.3. The van der Waals surface area contributed by atoms with Crippen molar-refractivity contribution in [1.82, 2.24) is 10.2 Å². The molecule has 3 unspecified atom stereocenters. The molecule has 1 aromatic rings. The van der Waals surface area contributed by atoms with E-state index in [1.165, 1.54) is 0 Å². The number of anilines is 1. The maximum absolute atomic E-state index is 13.7. The van der Waals surface area contributed by atoms with Gasteiger partial charge in [0.15, 0.2) is 0 Å². The lowest BCUT2D eigenvalue weighted by molar-refractivity contribution is -0.139. The third kappa shape index (κ3) is 3.96. The first kappa shape index (κ1) is 23.6. The van der Waals surface area contributed by atoms with E-state index in [-0.39, 0.29) is 40.4 Å². The number of rotatable bonds is 8. The molecule has 3 amide bonds. The average molecular weight is 524 g/mol. The Morgan fingerprint density at radius 1 is 1.25 bits per heavy atom. The van der Waals surface area contributed by atoms with E-state index in [9.17, 15) is 19.5 Å². The summed E-state index contributed by atoms with van der Waals surface area (Å²) in [5.41, 5.74) is 0.699. The van der Waals surface area contributed by atoms with Crippen LogP contribution in [0.4, 0.5) is 5.69 Å². The first-order chi connectivity index (χ1) is 15.3. The predicted molar refractivity (Wildman–Crippen MR) is 129 cm³/mol. The van der Waals surface area contributed by atoms with Crippen LogP contribution in [0.3, 0.4) is 0 Å². The van der Waals surface area contributed by atoms with Crippen molar-refractivity contribution in [3.05, 3.63) is 30.3 Å². The highest BCUT2D eigenvalue weighted by atomic mass is 79.9. The quantitative estimate of drug-likeness (QED) is 0.359. The molecular weight excluding hydrogens is 494 g/mol. The standard InChI is InChI=1S/C23H30BrN3O4S/c1-13(2)25-21(30)19-23-12-15(24)18(32-23)16(20(29)26-14-8-4-3-5-9-14)17(23)22(31)27(19)10-6-7-11-28/h3-5,8-9,13,15-19,28H,6-7,10-12H2,1-2H3,(H,25,30)(H,26,29)/t15?,16-,17-,18-,19?,23?/m0/s1. The van der Waals surface area contributed by atoms with Gasteiger partial charge in [-0.15, -0.1) is 11.8 Å². The average Bonchev–Trinajstić information content (AvgIpc) is 3.32. The van der Waals surface area contributed by atoms with E-state index in [1.807, 2.05) is 44.2 Å². The second-order valence-electron chi connectivity index (χ2n) is 9.14. The van der Waals surface area contributed by atoms with Gasteiger partial charge in [0.05, 0.1) is 16.6 Å². The molecule has 7 nitrogen and oxygen atoms in total. The van der Waals surface area contributed by atoms with Crippen LogP contribution in [0.1, 0.15) is 33.1 Å². The van der Waals surface area contributed by atoms with Gasteiger partial charge in [-0.3, -0.25) is 14.4 Å². The number of halogens is 1. The number of aliphatic hydroxyl groups excluding tert-OH is 1. The summed E-state index contributed by atoms with van der Waals surface area (Å²) in [5.74, 6) is -1.49. The van der Waals surface area contributed by atoms with Gasteiger partial charge in [-0.05, 0) is 45.2 Å². The highest BCUT2D eigenvalue weighted by Gasteiger charge is 2.75. The number of benzene rings is 1. The molecular formula is C23H30BrN3O4S. The lowest BCUT2D eigenvalue weighted by Gasteiger charge is -2.35. The summed E-state index contributed by atoms with van der Waals surface area (Å²) in [4.78, 5) is 42.2. The molecule has 3 fully saturated rings. The SMILES string of the molecule is CC(C)NC(=O)C1N(CCCCO)C(=O)[C@@H]2[C@H](C(=O)Nc3ccccc3)[C@H]3SC12CC3Br. The van der Waals surface area contributed by atoms with E-state index in [2.05, 4.69) is 26.6 Å². The zero-order chi connectivity index (χ0) is 23.0. The number of aliphatic hydroxyl groups is 1. The zero-order valence-corrected chi connectivity index (χ0v) is 20.7. The normalized spacial score (nSPS) is 33.0. The molecule has 2 bridgehead atoms. The van der Waals surface area contributed by atoms with Gasteiger partial charge in [0.1, 0.15) is 6.04 Å². The van der Waals surface area contributed by atoms with Crippen LogP contribution in [0.25, 0.3) is 0 Å². The molecule has 32 heavy (non-hydrogen) atoms. The number of amides is 3. The van der Waals surface area contributed by atoms with E-state index >= 15 is 0 Å². The minimum absolute atomic E-state index is 0.0435. The van der Waals surface area contributed by atoms with Crippen LogP contribution in [0.2, 0.25) is 0 Å². The van der Waals surface area contributed by atoms with E-state index in [1.54, 1.807) is 16.7 Å². The smallest absolute Gasteiger partial charge is 0.244 e. The molecule has 9 heteroatoms. The number of unbranched alkanes of at least 4 members (excludes halogenated alkanes) is 1. The summed E-state index contributed by atoms with van der Waals surface area (Å²) in [5, 5.41) is 15.1. The fraction of sp³-hybridized carbons (Fsp3) is 0.609. The summed E-state index contributed by atoms with van der Waals surface area (Å²) in [6.07, 6.45) is 1.85. The predicted octanol–water partition coefficient (Wildman–Crippen LogP) is 2.39. The van der Waals surface area contributed by atoms with E-state index in [4.69, 9.17) is 0 Å². The maximum Gasteiger partial charge on any atom is 0.244 e. The molecule has 6 atom stereocenters. The van der Waals surface area contributed by atoms with Gasteiger partial charge in [0, 0.05) is 35.0 Å². The van der Waals surface area contributed by atoms with Crippen molar-refractivity contribution in [3.63, 3.8) is 0 Å². The van der Waals surface area contributed by atoms with Crippen LogP contribution in [-0.4, -0.2) is 67.8 Å². The molecule has 3 heterocycles. The number of nitrogens with one attached hydrogen (secondary N) is 2. The van der Waals surface area contributed by atoms with Gasteiger partial charge >= 0.3 is 0 Å². The van der Waals surface area contributed by atoms with Gasteiger partial charge < -0.3 is 20.6 Å². The van der Waals surface area contributed by atoms with Gasteiger partial charge in [0.25, 0.3) is 0 Å². The van der Waals surface area contributed by atoms with Gasteiger partial charge in [-0.25, -0.2) is 0 Å². The van der Waals surface area contributed by atoms with Crippen LogP contribution < -0.4 is 10.6 Å². The Kier molecular flexibility index (Phi) is 6.89. The Morgan fingerprint density at radius 2 is 1.97 bits per heavy atom. The Balaban J connectivity index is 1.67. The van der Waals surface area contributed by atoms with Crippen molar-refractivity contribution in [1.29, 1.82) is 0 Å². The van der Waals surface area contributed by atoms with Crippen molar-refractivity contribution in [2.24, 2.45) is 11.8 Å². The van der Waals surface area contributed by atoms with Crippen LogP contribution in [0, 0.1) is 11.8 Å². The number of alkyl halides is 1. The number of hydrogen-bond donors (Lipinski definition) is 3. The minimum atomic E-state index is -0.632. The fourth-order valence-electron chi connectivity index (χ4n) is 5.47. The lowest BCUT2D eigenvalue weighted by atomic mass is 9.70. The second-order valence-corrected chi connectivity index (χ2v) is 11.9. The summed E-state index contributed by atoms with van der Waals surface area (Å²) < 4.78 is -0.632. The summed E-state index contributed by atoms with van der Waals surface area (Å²) in [6.45, 7) is 4.26. The highest BCUT2D eigenvalue weighted by molar-refractivity contribution is 9.09. The molecule has 4 rings (SSSR count). The van der Waals surface area contributed by atoms with E-state index in [0.717, 1.165) is 0 Å². The van der Waals surface area contributed by atoms with Gasteiger partial charge in [0.2, 0.25) is 17.7 Å². The number of likely N-dealkylation sites (tertiary alicyclic amines) is 1. The molecule has 3 N–H and O–H groups in total. The molecule has 174 valence electrons. The number of carbonyl (C=O) groups excluding carboxylic acids is 3. The number of nitrogens with zero attached hydrogens (tertiary/aromatic N) is 1. The molecule has 3 aliphatic heterocycles. The molecule has 0 aliphatic carbocycles. The van der Waals surface area contributed by atoms with Crippen LogP contribution in [0.15, 0.2) is 30.3 Å². The maximum atomic E-state index is 13.7. The third-order valence-corrected chi connectivity index (χ3v) is 9.84. The van der Waals surface area contributed by atoms with Gasteiger partial charge in [-0.1, -0.05) is 34.1 Å².